The van der Waals surface area contributed by atoms with Gasteiger partial charge in [-0.2, -0.15) is 0 Å². The van der Waals surface area contributed by atoms with Crippen LogP contribution in [0.15, 0.2) is 77.7 Å². The van der Waals surface area contributed by atoms with E-state index >= 15 is 0 Å². The molecule has 6 nitrogen and oxygen atoms in total. The van der Waals surface area contributed by atoms with E-state index in [9.17, 15) is 14.0 Å². The molecule has 2 heterocycles. The second-order valence-corrected chi connectivity index (χ2v) is 8.20. The smallest absolute Gasteiger partial charge is 0.330 e. The first-order chi connectivity index (χ1) is 15.6. The summed E-state index contributed by atoms with van der Waals surface area (Å²) in [5.41, 5.74) is 2.48. The highest BCUT2D eigenvalue weighted by atomic mass is 19.1. The van der Waals surface area contributed by atoms with Crippen LogP contribution < -0.4 is 11.0 Å². The van der Waals surface area contributed by atoms with Crippen molar-refractivity contribution >= 4 is 17.1 Å². The second-order valence-electron chi connectivity index (χ2n) is 8.20. The van der Waals surface area contributed by atoms with Gasteiger partial charge in [0.05, 0.1) is 17.5 Å². The van der Waals surface area contributed by atoms with E-state index in [1.165, 1.54) is 12.1 Å². The molecule has 32 heavy (non-hydrogen) atoms. The predicted octanol–water partition coefficient (Wildman–Crippen LogP) is 3.23. The summed E-state index contributed by atoms with van der Waals surface area (Å²) in [7, 11) is 0. The Kier molecular flexibility index (Phi) is 5.09. The van der Waals surface area contributed by atoms with Gasteiger partial charge in [0.25, 0.3) is 0 Å². The zero-order valence-corrected chi connectivity index (χ0v) is 17.5. The molecular formula is C25H23FN4O2. The van der Waals surface area contributed by atoms with Gasteiger partial charge in [-0.25, -0.2) is 14.2 Å². The van der Waals surface area contributed by atoms with E-state index in [4.69, 9.17) is 0 Å². The topological polar surface area (TPSA) is 68.9 Å². The molecule has 0 atom stereocenters. The zero-order valence-electron chi connectivity index (χ0n) is 17.5. The number of hydrogen-bond donors (Lipinski definition) is 1. The van der Waals surface area contributed by atoms with Crippen molar-refractivity contribution in [2.24, 2.45) is 0 Å². The fourth-order valence-electron chi connectivity index (χ4n) is 4.25. The number of halogens is 1. The second kappa shape index (κ2) is 8.07. The molecule has 7 heteroatoms. The third-order valence-corrected chi connectivity index (χ3v) is 6.16. The van der Waals surface area contributed by atoms with Crippen LogP contribution >= 0.6 is 0 Å². The van der Waals surface area contributed by atoms with Crippen LogP contribution in [0.5, 0.6) is 0 Å². The minimum atomic E-state index is -0.443. The molecule has 0 radical (unpaired) electrons. The molecule has 1 saturated carbocycles. The molecule has 0 saturated heterocycles. The molecule has 0 spiro atoms. The molecule has 0 aliphatic heterocycles. The van der Waals surface area contributed by atoms with Crippen molar-refractivity contribution in [1.29, 1.82) is 0 Å². The van der Waals surface area contributed by atoms with Gasteiger partial charge in [-0.1, -0.05) is 42.5 Å². The van der Waals surface area contributed by atoms with Crippen molar-refractivity contribution in [2.75, 3.05) is 6.54 Å². The third-order valence-electron chi connectivity index (χ3n) is 6.16. The van der Waals surface area contributed by atoms with E-state index in [-0.39, 0.29) is 17.4 Å². The standard InChI is InChI=1S/C25H23FN4O2/c26-20-10-8-18(9-11-20)17-30-21-7-4-14-27-22(21)29(24(30)32)16-15-28-23(31)25(12-13-25)19-5-2-1-3-6-19/h1-11,14H,12-13,15-17H2,(H,28,31). The van der Waals surface area contributed by atoms with E-state index in [2.05, 4.69) is 10.3 Å². The fraction of sp³-hybridized carbons (Fsp3) is 0.240. The Bertz CT molecular complexity index is 1320. The number of nitrogens with one attached hydrogen (secondary N) is 1. The van der Waals surface area contributed by atoms with Gasteiger partial charge in [-0.05, 0) is 48.2 Å². The van der Waals surface area contributed by atoms with Gasteiger partial charge < -0.3 is 5.32 Å². The van der Waals surface area contributed by atoms with Crippen molar-refractivity contribution in [3.8, 4) is 0 Å². The Hall–Kier alpha value is -3.74. The van der Waals surface area contributed by atoms with Crippen molar-refractivity contribution in [1.82, 2.24) is 19.4 Å². The van der Waals surface area contributed by atoms with E-state index in [1.54, 1.807) is 33.5 Å². The number of carbonyl (C=O) groups is 1. The lowest BCUT2D eigenvalue weighted by Crippen LogP contribution is -2.38. The van der Waals surface area contributed by atoms with Crippen LogP contribution in [-0.2, 0) is 23.3 Å². The quantitative estimate of drug-likeness (QED) is 0.490. The lowest BCUT2D eigenvalue weighted by molar-refractivity contribution is -0.123. The summed E-state index contributed by atoms with van der Waals surface area (Å²) < 4.78 is 16.5. The fourth-order valence-corrected chi connectivity index (χ4v) is 4.25. The van der Waals surface area contributed by atoms with Crippen LogP contribution in [0.1, 0.15) is 24.0 Å². The zero-order chi connectivity index (χ0) is 22.1. The summed E-state index contributed by atoms with van der Waals surface area (Å²) in [4.78, 5) is 30.4. The number of imidazole rings is 1. The lowest BCUT2D eigenvalue weighted by atomic mass is 9.95. The first kappa shape index (κ1) is 20.2. The summed E-state index contributed by atoms with van der Waals surface area (Å²) in [6.45, 7) is 0.969. The molecule has 1 fully saturated rings. The van der Waals surface area contributed by atoms with E-state index < -0.39 is 5.41 Å². The summed E-state index contributed by atoms with van der Waals surface area (Å²) in [5, 5.41) is 3.01. The van der Waals surface area contributed by atoms with Gasteiger partial charge in [-0.15, -0.1) is 0 Å². The Morgan fingerprint density at radius 1 is 1.00 bits per heavy atom. The summed E-state index contributed by atoms with van der Waals surface area (Å²) in [6.07, 6.45) is 3.32. The molecule has 0 unspecified atom stereocenters. The molecule has 0 bridgehead atoms. The number of amides is 1. The monoisotopic (exact) mass is 430 g/mol. The largest absolute Gasteiger partial charge is 0.354 e. The van der Waals surface area contributed by atoms with Crippen LogP contribution in [0.25, 0.3) is 11.2 Å². The first-order valence-corrected chi connectivity index (χ1v) is 10.7. The van der Waals surface area contributed by atoms with Crippen molar-refractivity contribution < 1.29 is 9.18 Å². The predicted molar refractivity (Wildman–Crippen MR) is 120 cm³/mol. The number of benzene rings is 2. The molecule has 1 aliphatic carbocycles. The minimum absolute atomic E-state index is 0.000224. The molecule has 2 aromatic heterocycles. The highest BCUT2D eigenvalue weighted by Gasteiger charge is 2.50. The van der Waals surface area contributed by atoms with Crippen LogP contribution in [0.3, 0.4) is 0 Å². The maximum absolute atomic E-state index is 13.2. The van der Waals surface area contributed by atoms with Gasteiger partial charge >= 0.3 is 5.69 Å². The lowest BCUT2D eigenvalue weighted by Gasteiger charge is -2.15. The van der Waals surface area contributed by atoms with Gasteiger partial charge in [0.1, 0.15) is 5.82 Å². The van der Waals surface area contributed by atoms with E-state index in [0.29, 0.717) is 30.8 Å². The average Bonchev–Trinajstić information content (AvgIpc) is 3.60. The number of carbonyl (C=O) groups excluding carboxylic acids is 1. The summed E-state index contributed by atoms with van der Waals surface area (Å²) in [5.74, 6) is -0.315. The summed E-state index contributed by atoms with van der Waals surface area (Å²) >= 11 is 0. The Morgan fingerprint density at radius 2 is 1.75 bits per heavy atom. The number of fused-ring (bicyclic) bond motifs is 1. The molecule has 1 N–H and O–H groups in total. The summed E-state index contributed by atoms with van der Waals surface area (Å²) in [6, 6.07) is 19.5. The molecule has 162 valence electrons. The maximum Gasteiger partial charge on any atom is 0.330 e. The van der Waals surface area contributed by atoms with Crippen LogP contribution in [0, 0.1) is 5.82 Å². The number of aromatic nitrogens is 3. The number of pyridine rings is 1. The number of hydrogen-bond acceptors (Lipinski definition) is 3. The maximum atomic E-state index is 13.2. The van der Waals surface area contributed by atoms with Crippen LogP contribution in [0.2, 0.25) is 0 Å². The van der Waals surface area contributed by atoms with Gasteiger partial charge in [0.15, 0.2) is 5.65 Å². The average molecular weight is 430 g/mol. The van der Waals surface area contributed by atoms with Crippen molar-refractivity contribution in [3.05, 3.63) is 100 Å². The van der Waals surface area contributed by atoms with Crippen molar-refractivity contribution in [2.45, 2.75) is 31.3 Å². The van der Waals surface area contributed by atoms with Gasteiger partial charge in [-0.3, -0.25) is 13.9 Å². The normalized spacial score (nSPS) is 14.4. The molecule has 4 aromatic rings. The number of rotatable bonds is 7. The third kappa shape index (κ3) is 3.60. The molecule has 2 aromatic carbocycles. The molecule has 5 rings (SSSR count). The van der Waals surface area contributed by atoms with E-state index in [0.717, 1.165) is 24.0 Å². The molecule has 1 amide bonds. The Balaban J connectivity index is 1.35. The Morgan fingerprint density at radius 3 is 2.47 bits per heavy atom. The van der Waals surface area contributed by atoms with Gasteiger partial charge in [0.2, 0.25) is 5.91 Å². The van der Waals surface area contributed by atoms with Crippen LogP contribution in [0.4, 0.5) is 4.39 Å². The van der Waals surface area contributed by atoms with E-state index in [1.807, 2.05) is 36.4 Å². The minimum Gasteiger partial charge on any atom is -0.354 e. The SMILES string of the molecule is O=C(NCCn1c(=O)n(Cc2ccc(F)cc2)c2cccnc21)C1(c2ccccc2)CC1. The van der Waals surface area contributed by atoms with Crippen LogP contribution in [-0.4, -0.2) is 26.6 Å². The highest BCUT2D eigenvalue weighted by Crippen LogP contribution is 2.48. The molecular weight excluding hydrogens is 407 g/mol. The van der Waals surface area contributed by atoms with Crippen molar-refractivity contribution in [3.63, 3.8) is 0 Å². The number of nitrogens with zero attached hydrogens (tertiary/aromatic N) is 3. The molecule has 1 aliphatic rings. The first-order valence-electron chi connectivity index (χ1n) is 10.7. The highest BCUT2D eigenvalue weighted by molar-refractivity contribution is 5.91. The Labute approximate surface area is 184 Å². The van der Waals surface area contributed by atoms with Gasteiger partial charge in [0, 0.05) is 19.3 Å².